The van der Waals surface area contributed by atoms with Crippen molar-refractivity contribution in [3.8, 4) is 11.5 Å². The molecular weight excluding hydrogens is 360 g/mol. The number of sulfonamides is 1. The Labute approximate surface area is 151 Å². The summed E-state index contributed by atoms with van der Waals surface area (Å²) in [6.45, 7) is 4.11. The molecule has 0 aliphatic carbocycles. The lowest BCUT2D eigenvalue weighted by Crippen LogP contribution is -2.13. The van der Waals surface area contributed by atoms with Crippen LogP contribution in [0.1, 0.15) is 29.9 Å². The summed E-state index contributed by atoms with van der Waals surface area (Å²) in [5.74, 6) is -0.191. The third-order valence-corrected chi connectivity index (χ3v) is 5.38. The number of aromatic nitrogens is 1. The maximum Gasteiger partial charge on any atom is 0.352 e. The fourth-order valence-corrected chi connectivity index (χ4v) is 4.02. The standard InChI is InChI=1S/C17H20N2O6S/c1-4-24-16-6-11-5-10(2)25-15(11)8-13(16)18-26(22,23)12-7-14(17(20)21)19(3)9-12/h6-10,18H,4-5H2,1-3H3,(H,20,21). The molecule has 0 saturated heterocycles. The number of hydrogen-bond acceptors (Lipinski definition) is 5. The van der Waals surface area contributed by atoms with E-state index >= 15 is 0 Å². The second-order valence-electron chi connectivity index (χ2n) is 6.10. The quantitative estimate of drug-likeness (QED) is 0.796. The van der Waals surface area contributed by atoms with E-state index in [-0.39, 0.29) is 22.4 Å². The number of ether oxygens (including phenoxy) is 2. The highest BCUT2D eigenvalue weighted by molar-refractivity contribution is 7.92. The predicted octanol–water partition coefficient (Wildman–Crippen LogP) is 2.25. The summed E-state index contributed by atoms with van der Waals surface area (Å²) in [4.78, 5) is 11.0. The molecule has 0 saturated carbocycles. The second kappa shape index (κ2) is 6.56. The van der Waals surface area contributed by atoms with Crippen molar-refractivity contribution in [3.05, 3.63) is 35.7 Å². The Morgan fingerprint density at radius 3 is 2.77 bits per heavy atom. The fraction of sp³-hybridized carbons (Fsp3) is 0.353. The SMILES string of the molecule is CCOc1cc2c(cc1NS(=O)(=O)c1cc(C(=O)O)n(C)c1)OC(C)C2. The number of aryl methyl sites for hydroxylation is 1. The van der Waals surface area contributed by atoms with Crippen LogP contribution in [0.15, 0.2) is 29.3 Å². The molecule has 0 radical (unpaired) electrons. The van der Waals surface area contributed by atoms with Gasteiger partial charge >= 0.3 is 5.97 Å². The number of rotatable bonds is 6. The van der Waals surface area contributed by atoms with Gasteiger partial charge in [0.2, 0.25) is 0 Å². The summed E-state index contributed by atoms with van der Waals surface area (Å²) in [5, 5.41) is 9.11. The molecule has 3 rings (SSSR count). The minimum Gasteiger partial charge on any atom is -0.492 e. The first-order valence-corrected chi connectivity index (χ1v) is 9.58. The van der Waals surface area contributed by atoms with Crippen LogP contribution in [-0.2, 0) is 23.5 Å². The van der Waals surface area contributed by atoms with E-state index in [4.69, 9.17) is 14.6 Å². The maximum atomic E-state index is 12.7. The smallest absolute Gasteiger partial charge is 0.352 e. The molecule has 2 heterocycles. The Kier molecular flexibility index (Phi) is 4.57. The van der Waals surface area contributed by atoms with Gasteiger partial charge in [0.25, 0.3) is 10.0 Å². The van der Waals surface area contributed by atoms with Crippen molar-refractivity contribution in [1.82, 2.24) is 4.57 Å². The average Bonchev–Trinajstić information content (AvgIpc) is 3.09. The third-order valence-electron chi connectivity index (χ3n) is 4.05. The van der Waals surface area contributed by atoms with Gasteiger partial charge in [-0.15, -0.1) is 0 Å². The zero-order valence-electron chi connectivity index (χ0n) is 14.6. The number of anilines is 1. The lowest BCUT2D eigenvalue weighted by Gasteiger charge is -2.14. The van der Waals surface area contributed by atoms with Crippen molar-refractivity contribution in [2.24, 2.45) is 7.05 Å². The molecule has 0 amide bonds. The van der Waals surface area contributed by atoms with Crippen LogP contribution in [0, 0.1) is 0 Å². The largest absolute Gasteiger partial charge is 0.492 e. The van der Waals surface area contributed by atoms with Gasteiger partial charge in [0, 0.05) is 31.3 Å². The van der Waals surface area contributed by atoms with Gasteiger partial charge < -0.3 is 19.1 Å². The molecule has 0 spiro atoms. The number of nitrogens with zero attached hydrogens (tertiary/aromatic N) is 1. The van der Waals surface area contributed by atoms with Gasteiger partial charge in [0.05, 0.1) is 12.3 Å². The van der Waals surface area contributed by atoms with E-state index in [0.29, 0.717) is 18.1 Å². The summed E-state index contributed by atoms with van der Waals surface area (Å²) >= 11 is 0. The molecule has 2 aromatic rings. The molecule has 1 aliphatic heterocycles. The Morgan fingerprint density at radius 1 is 1.42 bits per heavy atom. The van der Waals surface area contributed by atoms with Crippen LogP contribution >= 0.6 is 0 Å². The van der Waals surface area contributed by atoms with Gasteiger partial charge in [0.15, 0.2) is 0 Å². The van der Waals surface area contributed by atoms with E-state index in [1.165, 1.54) is 17.8 Å². The topological polar surface area (TPSA) is 107 Å². The monoisotopic (exact) mass is 380 g/mol. The molecular formula is C17H20N2O6S. The second-order valence-corrected chi connectivity index (χ2v) is 7.79. The minimum atomic E-state index is -3.99. The molecule has 1 atom stereocenters. The Bertz CT molecular complexity index is 964. The Morgan fingerprint density at radius 2 is 2.15 bits per heavy atom. The van der Waals surface area contributed by atoms with Crippen LogP contribution in [-0.4, -0.2) is 36.8 Å². The molecule has 9 heteroatoms. The fourth-order valence-electron chi connectivity index (χ4n) is 2.89. The zero-order chi connectivity index (χ0) is 19.1. The molecule has 140 valence electrons. The summed E-state index contributed by atoms with van der Waals surface area (Å²) in [6.07, 6.45) is 1.99. The van der Waals surface area contributed by atoms with Crippen LogP contribution < -0.4 is 14.2 Å². The summed E-state index contributed by atoms with van der Waals surface area (Å²) in [6, 6.07) is 4.48. The summed E-state index contributed by atoms with van der Waals surface area (Å²) in [5.41, 5.74) is 1.08. The van der Waals surface area contributed by atoms with Gasteiger partial charge in [-0.1, -0.05) is 0 Å². The molecule has 1 aliphatic rings. The lowest BCUT2D eigenvalue weighted by molar-refractivity contribution is 0.0686. The third kappa shape index (κ3) is 3.34. The van der Waals surface area contributed by atoms with E-state index < -0.39 is 16.0 Å². The maximum absolute atomic E-state index is 12.7. The van der Waals surface area contributed by atoms with Gasteiger partial charge in [-0.25, -0.2) is 13.2 Å². The van der Waals surface area contributed by atoms with Crippen LogP contribution in [0.4, 0.5) is 5.69 Å². The Hall–Kier alpha value is -2.68. The van der Waals surface area contributed by atoms with Crippen LogP contribution in [0.2, 0.25) is 0 Å². The zero-order valence-corrected chi connectivity index (χ0v) is 15.5. The highest BCUT2D eigenvalue weighted by atomic mass is 32.2. The number of carboxylic acid groups (broad SMARTS) is 1. The highest BCUT2D eigenvalue weighted by Crippen LogP contribution is 2.39. The first-order valence-electron chi connectivity index (χ1n) is 8.10. The van der Waals surface area contributed by atoms with E-state index in [9.17, 15) is 13.2 Å². The van der Waals surface area contributed by atoms with Crippen LogP contribution in [0.5, 0.6) is 11.5 Å². The van der Waals surface area contributed by atoms with E-state index in [2.05, 4.69) is 4.72 Å². The van der Waals surface area contributed by atoms with Crippen LogP contribution in [0.3, 0.4) is 0 Å². The van der Waals surface area contributed by atoms with Gasteiger partial charge in [0.1, 0.15) is 28.2 Å². The van der Waals surface area contributed by atoms with Crippen molar-refractivity contribution in [3.63, 3.8) is 0 Å². The number of nitrogens with one attached hydrogen (secondary N) is 1. The lowest BCUT2D eigenvalue weighted by atomic mass is 10.1. The normalized spacial score (nSPS) is 16.0. The first-order chi connectivity index (χ1) is 12.2. The molecule has 1 aromatic carbocycles. The van der Waals surface area contributed by atoms with Crippen molar-refractivity contribution in [1.29, 1.82) is 0 Å². The number of carbonyl (C=O) groups is 1. The van der Waals surface area contributed by atoms with Crippen LogP contribution in [0.25, 0.3) is 0 Å². The number of hydrogen-bond donors (Lipinski definition) is 2. The molecule has 1 aromatic heterocycles. The summed E-state index contributed by atoms with van der Waals surface area (Å²) < 4.78 is 40.4. The van der Waals surface area contributed by atoms with Crippen molar-refractivity contribution >= 4 is 21.7 Å². The molecule has 26 heavy (non-hydrogen) atoms. The van der Waals surface area contributed by atoms with Gasteiger partial charge in [-0.3, -0.25) is 4.72 Å². The predicted molar refractivity (Wildman–Crippen MR) is 94.6 cm³/mol. The van der Waals surface area contributed by atoms with Gasteiger partial charge in [-0.05, 0) is 26.0 Å². The van der Waals surface area contributed by atoms with E-state index in [1.54, 1.807) is 19.1 Å². The summed E-state index contributed by atoms with van der Waals surface area (Å²) in [7, 11) is -2.52. The molecule has 0 fully saturated rings. The van der Waals surface area contributed by atoms with E-state index in [1.807, 2.05) is 6.92 Å². The number of fused-ring (bicyclic) bond motifs is 1. The minimum absolute atomic E-state index is 0.0126. The number of benzene rings is 1. The highest BCUT2D eigenvalue weighted by Gasteiger charge is 2.25. The molecule has 0 bridgehead atoms. The number of aromatic carboxylic acids is 1. The number of carboxylic acids is 1. The van der Waals surface area contributed by atoms with Gasteiger partial charge in [-0.2, -0.15) is 0 Å². The van der Waals surface area contributed by atoms with E-state index in [0.717, 1.165) is 18.1 Å². The Balaban J connectivity index is 1.98. The molecule has 1 unspecified atom stereocenters. The van der Waals surface area contributed by atoms with Crippen molar-refractivity contribution < 1.29 is 27.8 Å². The molecule has 2 N–H and O–H groups in total. The first kappa shape index (κ1) is 18.1. The average molecular weight is 380 g/mol. The van der Waals surface area contributed by atoms with Crippen molar-refractivity contribution in [2.75, 3.05) is 11.3 Å². The molecule has 8 nitrogen and oxygen atoms in total. The van der Waals surface area contributed by atoms with Crippen molar-refractivity contribution in [2.45, 2.75) is 31.3 Å².